The minimum atomic E-state index is -0.548. The molecule has 0 saturated carbocycles. The number of anilines is 1. The molecular weight excluding hydrogens is 320 g/mol. The van der Waals surface area contributed by atoms with E-state index in [0.29, 0.717) is 5.82 Å². The number of nitrogens with zero attached hydrogens (tertiary/aromatic N) is 3. The van der Waals surface area contributed by atoms with Crippen molar-refractivity contribution in [3.63, 3.8) is 0 Å². The van der Waals surface area contributed by atoms with Crippen molar-refractivity contribution in [1.29, 1.82) is 0 Å². The summed E-state index contributed by atoms with van der Waals surface area (Å²) in [4.78, 5) is 31.8. The molecule has 25 heavy (non-hydrogen) atoms. The largest absolute Gasteiger partial charge is 0.444 e. The van der Waals surface area contributed by atoms with Gasteiger partial charge >= 0.3 is 6.09 Å². The first-order chi connectivity index (χ1) is 11.6. The van der Waals surface area contributed by atoms with Gasteiger partial charge in [0.1, 0.15) is 11.4 Å². The molecule has 0 unspecified atom stereocenters. The molecule has 0 spiro atoms. The third-order valence-electron chi connectivity index (χ3n) is 3.87. The Morgan fingerprint density at radius 3 is 2.40 bits per heavy atom. The van der Waals surface area contributed by atoms with E-state index in [2.05, 4.69) is 15.2 Å². The van der Waals surface area contributed by atoms with Crippen molar-refractivity contribution < 1.29 is 14.3 Å². The highest BCUT2D eigenvalue weighted by atomic mass is 16.6. The average Bonchev–Trinajstić information content (AvgIpc) is 2.44. The molecule has 0 aliphatic carbocycles. The molecule has 7 heteroatoms. The summed E-state index contributed by atoms with van der Waals surface area (Å²) >= 11 is 0. The van der Waals surface area contributed by atoms with Crippen LogP contribution in [-0.2, 0) is 16.1 Å². The van der Waals surface area contributed by atoms with E-state index in [4.69, 9.17) is 4.74 Å². The number of pyridine rings is 1. The highest BCUT2D eigenvalue weighted by Crippen LogP contribution is 2.15. The molecule has 0 aromatic carbocycles. The van der Waals surface area contributed by atoms with Crippen LogP contribution in [0.25, 0.3) is 0 Å². The normalized spacial score (nSPS) is 15.8. The standard InChI is InChI=1S/C18H28N4O3/c1-13-10-15(12-21-6-8-22(9-7-21)14(2)23)11-16(19-13)20-17(24)25-18(3,4)5/h10-11H,6-9,12H2,1-5H3,(H,19,20,24). The number of carbonyl (C=O) groups excluding carboxylic acids is 2. The number of piperazine rings is 1. The van der Waals surface area contributed by atoms with E-state index in [-0.39, 0.29) is 5.91 Å². The van der Waals surface area contributed by atoms with Gasteiger partial charge in [-0.25, -0.2) is 9.78 Å². The van der Waals surface area contributed by atoms with Crippen molar-refractivity contribution in [2.75, 3.05) is 31.5 Å². The number of carbonyl (C=O) groups is 2. The van der Waals surface area contributed by atoms with Gasteiger partial charge < -0.3 is 9.64 Å². The van der Waals surface area contributed by atoms with Crippen molar-refractivity contribution in [2.45, 2.75) is 46.8 Å². The number of aryl methyl sites for hydroxylation is 1. The molecular formula is C18H28N4O3. The number of amides is 2. The van der Waals surface area contributed by atoms with Crippen LogP contribution in [-0.4, -0.2) is 58.6 Å². The monoisotopic (exact) mass is 348 g/mol. The van der Waals surface area contributed by atoms with Crippen LogP contribution in [0.4, 0.5) is 10.6 Å². The first-order valence-electron chi connectivity index (χ1n) is 8.58. The van der Waals surface area contributed by atoms with Gasteiger partial charge in [0.25, 0.3) is 0 Å². The van der Waals surface area contributed by atoms with Crippen molar-refractivity contribution in [1.82, 2.24) is 14.8 Å². The minimum absolute atomic E-state index is 0.128. The van der Waals surface area contributed by atoms with Crippen molar-refractivity contribution >= 4 is 17.8 Å². The van der Waals surface area contributed by atoms with Gasteiger partial charge in [-0.05, 0) is 45.4 Å². The zero-order valence-electron chi connectivity index (χ0n) is 15.8. The molecule has 1 aromatic rings. The van der Waals surface area contributed by atoms with Crippen LogP contribution in [0.2, 0.25) is 0 Å². The molecule has 1 fully saturated rings. The Labute approximate surface area is 149 Å². The van der Waals surface area contributed by atoms with Gasteiger partial charge in [0, 0.05) is 45.3 Å². The fraction of sp³-hybridized carbons (Fsp3) is 0.611. The van der Waals surface area contributed by atoms with Crippen molar-refractivity contribution in [2.24, 2.45) is 0 Å². The third-order valence-corrected chi connectivity index (χ3v) is 3.87. The topological polar surface area (TPSA) is 74.8 Å². The van der Waals surface area contributed by atoms with Crippen LogP contribution in [0, 0.1) is 6.92 Å². The fourth-order valence-corrected chi connectivity index (χ4v) is 2.78. The van der Waals surface area contributed by atoms with E-state index in [1.807, 2.05) is 44.7 Å². The summed E-state index contributed by atoms with van der Waals surface area (Å²) in [5, 5.41) is 2.70. The van der Waals surface area contributed by atoms with Gasteiger partial charge in [-0.2, -0.15) is 0 Å². The second kappa shape index (κ2) is 7.82. The molecule has 0 radical (unpaired) electrons. The van der Waals surface area contributed by atoms with E-state index in [1.165, 1.54) is 0 Å². The summed E-state index contributed by atoms with van der Waals surface area (Å²) in [6.45, 7) is 12.9. The van der Waals surface area contributed by atoms with Crippen LogP contribution in [0.3, 0.4) is 0 Å². The Bertz CT molecular complexity index is 632. The van der Waals surface area contributed by atoms with Gasteiger partial charge in [-0.15, -0.1) is 0 Å². The molecule has 1 aromatic heterocycles. The zero-order chi connectivity index (χ0) is 18.6. The molecule has 1 aliphatic rings. The number of nitrogens with one attached hydrogen (secondary N) is 1. The number of aromatic nitrogens is 1. The summed E-state index contributed by atoms with van der Waals surface area (Å²) in [5.41, 5.74) is 1.37. The van der Waals surface area contributed by atoms with Gasteiger partial charge in [0.2, 0.25) is 5.91 Å². The smallest absolute Gasteiger partial charge is 0.413 e. The Morgan fingerprint density at radius 2 is 1.84 bits per heavy atom. The Hall–Kier alpha value is -2.15. The number of rotatable bonds is 3. The number of hydrogen-bond acceptors (Lipinski definition) is 5. The fourth-order valence-electron chi connectivity index (χ4n) is 2.78. The van der Waals surface area contributed by atoms with Crippen LogP contribution < -0.4 is 5.32 Å². The quantitative estimate of drug-likeness (QED) is 0.908. The molecule has 2 rings (SSSR count). The first kappa shape index (κ1) is 19.2. The van der Waals surface area contributed by atoms with Crippen molar-refractivity contribution in [3.05, 3.63) is 23.4 Å². The zero-order valence-corrected chi connectivity index (χ0v) is 15.8. The third kappa shape index (κ3) is 6.34. The molecule has 2 heterocycles. The van der Waals surface area contributed by atoms with Gasteiger partial charge in [0.05, 0.1) is 0 Å². The van der Waals surface area contributed by atoms with Crippen molar-refractivity contribution in [3.8, 4) is 0 Å². The Kier molecular flexibility index (Phi) is 6.00. The number of ether oxygens (including phenoxy) is 1. The molecule has 7 nitrogen and oxygen atoms in total. The predicted octanol–water partition coefficient (Wildman–Crippen LogP) is 2.40. The Morgan fingerprint density at radius 1 is 1.20 bits per heavy atom. The highest BCUT2D eigenvalue weighted by molar-refractivity contribution is 5.83. The van der Waals surface area contributed by atoms with E-state index in [9.17, 15) is 9.59 Å². The molecule has 2 amide bonds. The SMILES string of the molecule is CC(=O)N1CCN(Cc2cc(C)nc(NC(=O)OC(C)(C)C)c2)CC1. The lowest BCUT2D eigenvalue weighted by Crippen LogP contribution is -2.47. The van der Waals surface area contributed by atoms with E-state index in [1.54, 1.807) is 6.92 Å². The molecule has 1 N–H and O–H groups in total. The summed E-state index contributed by atoms with van der Waals surface area (Å²) < 4.78 is 5.27. The summed E-state index contributed by atoms with van der Waals surface area (Å²) in [6.07, 6.45) is -0.508. The second-order valence-electron chi connectivity index (χ2n) is 7.41. The first-order valence-corrected chi connectivity index (χ1v) is 8.58. The molecule has 1 aliphatic heterocycles. The summed E-state index contributed by atoms with van der Waals surface area (Å²) in [5.74, 6) is 0.620. The predicted molar refractivity (Wildman–Crippen MR) is 96.4 cm³/mol. The summed E-state index contributed by atoms with van der Waals surface area (Å²) in [7, 11) is 0. The van der Waals surface area contributed by atoms with Crippen LogP contribution >= 0.6 is 0 Å². The van der Waals surface area contributed by atoms with Crippen LogP contribution in [0.5, 0.6) is 0 Å². The Balaban J connectivity index is 1.97. The van der Waals surface area contributed by atoms with Crippen LogP contribution in [0.15, 0.2) is 12.1 Å². The summed E-state index contributed by atoms with van der Waals surface area (Å²) in [6, 6.07) is 3.88. The molecule has 0 atom stereocenters. The van der Waals surface area contributed by atoms with E-state index >= 15 is 0 Å². The second-order valence-corrected chi connectivity index (χ2v) is 7.41. The van der Waals surface area contributed by atoms with Gasteiger partial charge in [0.15, 0.2) is 0 Å². The maximum atomic E-state index is 11.9. The highest BCUT2D eigenvalue weighted by Gasteiger charge is 2.20. The maximum absolute atomic E-state index is 11.9. The maximum Gasteiger partial charge on any atom is 0.413 e. The van der Waals surface area contributed by atoms with E-state index in [0.717, 1.165) is 44.0 Å². The van der Waals surface area contributed by atoms with Gasteiger partial charge in [-0.3, -0.25) is 15.0 Å². The molecule has 0 bridgehead atoms. The lowest BCUT2D eigenvalue weighted by Gasteiger charge is -2.34. The average molecular weight is 348 g/mol. The van der Waals surface area contributed by atoms with Gasteiger partial charge in [-0.1, -0.05) is 0 Å². The molecule has 1 saturated heterocycles. The minimum Gasteiger partial charge on any atom is -0.444 e. The number of hydrogen-bond donors (Lipinski definition) is 1. The lowest BCUT2D eigenvalue weighted by atomic mass is 10.2. The van der Waals surface area contributed by atoms with E-state index < -0.39 is 11.7 Å². The van der Waals surface area contributed by atoms with Crippen LogP contribution in [0.1, 0.15) is 39.0 Å². The lowest BCUT2D eigenvalue weighted by molar-refractivity contribution is -0.130. The molecule has 138 valence electrons.